The number of anilines is 1. The summed E-state index contributed by atoms with van der Waals surface area (Å²) < 4.78 is 42.0. The standard InChI is InChI=1S/C28H27F2N7O4S/c1-35(11-12-40-2)14-18-24-26(38)37(22-9-10-23(41-3)34-33-22)28(39)36(15-17-19(29)5-4-6-20(17)30)27(24)42-25(18)16-7-8-21(31)32-13-16/h4-10,13H,11-12,14-15H2,1-3H3,(H2,31,32). The zero-order chi connectivity index (χ0) is 30.0. The largest absolute Gasteiger partial charge is 0.480 e. The summed E-state index contributed by atoms with van der Waals surface area (Å²) in [4.78, 5) is 35.2. The fraction of sp³-hybridized carbons (Fsp3) is 0.250. The second-order valence-electron chi connectivity index (χ2n) is 9.44. The number of nitrogen functional groups attached to an aromatic ring is 1. The maximum absolute atomic E-state index is 14.8. The van der Waals surface area contributed by atoms with Gasteiger partial charge in [-0.25, -0.2) is 23.1 Å². The summed E-state index contributed by atoms with van der Waals surface area (Å²) in [5.41, 5.74) is 5.27. The van der Waals surface area contributed by atoms with Crippen LogP contribution in [0.15, 0.2) is 58.3 Å². The van der Waals surface area contributed by atoms with Gasteiger partial charge in [0, 0.05) is 48.5 Å². The number of ether oxygens (including phenoxy) is 2. The SMILES string of the molecule is COCCN(C)Cc1c(-c2ccc(N)nc2)sc2c1c(=O)n(-c1ccc(OC)nn1)c(=O)n2Cc1c(F)cccc1F. The highest BCUT2D eigenvalue weighted by Gasteiger charge is 2.26. The van der Waals surface area contributed by atoms with E-state index < -0.39 is 29.4 Å². The number of nitrogens with zero attached hydrogens (tertiary/aromatic N) is 6. The summed E-state index contributed by atoms with van der Waals surface area (Å²) in [6.45, 7) is 0.807. The first-order chi connectivity index (χ1) is 20.2. The van der Waals surface area contributed by atoms with Crippen molar-refractivity contribution in [1.82, 2.24) is 29.2 Å². The van der Waals surface area contributed by atoms with E-state index in [1.165, 1.54) is 29.9 Å². The Morgan fingerprint density at radius 3 is 2.40 bits per heavy atom. The molecule has 5 aromatic rings. The molecule has 0 atom stereocenters. The maximum atomic E-state index is 14.8. The Kier molecular flexibility index (Phi) is 8.38. The van der Waals surface area contributed by atoms with Gasteiger partial charge in [-0.3, -0.25) is 14.3 Å². The Balaban J connectivity index is 1.85. The molecule has 11 nitrogen and oxygen atoms in total. The van der Waals surface area contributed by atoms with Crippen molar-refractivity contribution in [3.8, 4) is 22.1 Å². The maximum Gasteiger partial charge on any atom is 0.338 e. The number of benzene rings is 1. The molecule has 4 heterocycles. The monoisotopic (exact) mass is 595 g/mol. The van der Waals surface area contributed by atoms with Gasteiger partial charge >= 0.3 is 5.69 Å². The van der Waals surface area contributed by atoms with Crippen molar-refractivity contribution in [3.63, 3.8) is 0 Å². The summed E-state index contributed by atoms with van der Waals surface area (Å²) >= 11 is 1.15. The van der Waals surface area contributed by atoms with Crippen LogP contribution >= 0.6 is 11.3 Å². The Morgan fingerprint density at radius 2 is 1.79 bits per heavy atom. The van der Waals surface area contributed by atoms with E-state index in [1.54, 1.807) is 25.4 Å². The van der Waals surface area contributed by atoms with Crippen molar-refractivity contribution in [1.29, 1.82) is 0 Å². The molecule has 2 N–H and O–H groups in total. The van der Waals surface area contributed by atoms with E-state index in [0.717, 1.165) is 28.0 Å². The normalized spacial score (nSPS) is 11.5. The van der Waals surface area contributed by atoms with Gasteiger partial charge in [0.2, 0.25) is 5.88 Å². The van der Waals surface area contributed by atoms with Crippen molar-refractivity contribution >= 4 is 27.4 Å². The lowest BCUT2D eigenvalue weighted by Gasteiger charge is -2.17. The highest BCUT2D eigenvalue weighted by molar-refractivity contribution is 7.22. The molecule has 42 heavy (non-hydrogen) atoms. The molecule has 1 aromatic carbocycles. The summed E-state index contributed by atoms with van der Waals surface area (Å²) in [7, 11) is 4.86. The van der Waals surface area contributed by atoms with Crippen molar-refractivity contribution in [3.05, 3.63) is 92.3 Å². The number of likely N-dealkylation sites (N-methyl/N-ethyl adjacent to an activating group) is 1. The molecule has 0 aliphatic rings. The second-order valence-corrected chi connectivity index (χ2v) is 10.4. The molecule has 14 heteroatoms. The second kappa shape index (κ2) is 12.1. The molecular formula is C28H27F2N7O4S. The number of aromatic nitrogens is 5. The first kappa shape index (κ1) is 29.0. The molecule has 0 bridgehead atoms. The topological polar surface area (TPSA) is 130 Å². The van der Waals surface area contributed by atoms with Crippen LogP contribution in [0.4, 0.5) is 14.6 Å². The van der Waals surface area contributed by atoms with Crippen molar-refractivity contribution in [2.24, 2.45) is 0 Å². The number of hydrogen-bond acceptors (Lipinski definition) is 10. The van der Waals surface area contributed by atoms with Crippen molar-refractivity contribution < 1.29 is 18.3 Å². The molecule has 0 unspecified atom stereocenters. The third kappa shape index (κ3) is 5.51. The summed E-state index contributed by atoms with van der Waals surface area (Å²) in [5, 5.41) is 8.12. The molecule has 0 amide bonds. The highest BCUT2D eigenvalue weighted by Crippen LogP contribution is 2.38. The molecule has 4 aromatic heterocycles. The number of thiophene rings is 1. The molecule has 0 saturated heterocycles. The van der Waals surface area contributed by atoms with E-state index in [2.05, 4.69) is 15.2 Å². The summed E-state index contributed by atoms with van der Waals surface area (Å²) in [6, 6.07) is 9.73. The van der Waals surface area contributed by atoms with Crippen LogP contribution in [0.3, 0.4) is 0 Å². The minimum atomic E-state index is -0.836. The lowest BCUT2D eigenvalue weighted by Crippen LogP contribution is -2.40. The Bertz CT molecular complexity index is 1830. The molecule has 0 saturated carbocycles. The van der Waals surface area contributed by atoms with Gasteiger partial charge in [-0.1, -0.05) is 6.07 Å². The van der Waals surface area contributed by atoms with Crippen molar-refractivity contribution in [2.75, 3.05) is 40.2 Å². The number of nitrogens with two attached hydrogens (primary N) is 1. The lowest BCUT2D eigenvalue weighted by atomic mass is 10.1. The molecule has 5 rings (SSSR count). The molecule has 0 aliphatic carbocycles. The van der Waals surface area contributed by atoms with Crippen LogP contribution in [-0.2, 0) is 17.8 Å². The lowest BCUT2D eigenvalue weighted by molar-refractivity contribution is 0.159. The van der Waals surface area contributed by atoms with E-state index in [0.29, 0.717) is 41.5 Å². The Hall–Kier alpha value is -4.53. The third-order valence-electron chi connectivity index (χ3n) is 6.67. The number of hydrogen-bond donors (Lipinski definition) is 1. The smallest absolute Gasteiger partial charge is 0.338 e. The van der Waals surface area contributed by atoms with Gasteiger partial charge in [-0.2, -0.15) is 0 Å². The van der Waals surface area contributed by atoms with Crippen LogP contribution in [0.5, 0.6) is 5.88 Å². The minimum absolute atomic E-state index is 0.0731. The molecular weight excluding hydrogens is 568 g/mol. The van der Waals surface area contributed by atoms with Crippen molar-refractivity contribution in [2.45, 2.75) is 13.1 Å². The third-order valence-corrected chi connectivity index (χ3v) is 7.97. The Labute approximate surface area is 242 Å². The number of rotatable bonds is 10. The fourth-order valence-corrected chi connectivity index (χ4v) is 5.80. The van der Waals surface area contributed by atoms with E-state index >= 15 is 0 Å². The molecule has 0 aliphatic heterocycles. The average Bonchev–Trinajstić information content (AvgIpc) is 3.35. The van der Waals surface area contributed by atoms with Crippen LogP contribution in [0.1, 0.15) is 11.1 Å². The Morgan fingerprint density at radius 1 is 1.02 bits per heavy atom. The zero-order valence-electron chi connectivity index (χ0n) is 23.0. The van der Waals surface area contributed by atoms with Gasteiger partial charge in [0.25, 0.3) is 5.56 Å². The number of halogens is 2. The van der Waals surface area contributed by atoms with Crippen LogP contribution < -0.4 is 21.7 Å². The molecule has 0 fully saturated rings. The summed E-state index contributed by atoms with van der Waals surface area (Å²) in [5.74, 6) is -1.23. The average molecular weight is 596 g/mol. The molecule has 218 valence electrons. The van der Waals surface area contributed by atoms with E-state index in [-0.39, 0.29) is 27.5 Å². The van der Waals surface area contributed by atoms with Crippen LogP contribution in [0, 0.1) is 11.6 Å². The first-order valence-electron chi connectivity index (χ1n) is 12.7. The fourth-order valence-electron chi connectivity index (χ4n) is 4.51. The van der Waals surface area contributed by atoms with Crippen LogP contribution in [0.2, 0.25) is 0 Å². The zero-order valence-corrected chi connectivity index (χ0v) is 23.8. The van der Waals surface area contributed by atoms with E-state index in [1.807, 2.05) is 11.9 Å². The minimum Gasteiger partial charge on any atom is -0.480 e. The molecule has 0 spiro atoms. The quantitative estimate of drug-likeness (QED) is 0.259. The van der Waals surface area contributed by atoms with Crippen LogP contribution in [-0.4, -0.2) is 63.6 Å². The van der Waals surface area contributed by atoms with Gasteiger partial charge in [-0.15, -0.1) is 21.5 Å². The number of methoxy groups -OCH3 is 2. The number of pyridine rings is 1. The van der Waals surface area contributed by atoms with Gasteiger partial charge in [0.05, 0.1) is 25.6 Å². The highest BCUT2D eigenvalue weighted by atomic mass is 32.1. The molecule has 0 radical (unpaired) electrons. The van der Waals surface area contributed by atoms with Crippen LogP contribution in [0.25, 0.3) is 26.5 Å². The first-order valence-corrected chi connectivity index (χ1v) is 13.6. The predicted octanol–water partition coefficient (Wildman–Crippen LogP) is 3.06. The van der Waals surface area contributed by atoms with Gasteiger partial charge in [0.15, 0.2) is 5.82 Å². The van der Waals surface area contributed by atoms with Gasteiger partial charge < -0.3 is 15.2 Å². The summed E-state index contributed by atoms with van der Waals surface area (Å²) in [6.07, 6.45) is 1.57. The number of fused-ring (bicyclic) bond motifs is 1. The van der Waals surface area contributed by atoms with Gasteiger partial charge in [-0.05, 0) is 42.9 Å². The van der Waals surface area contributed by atoms with E-state index in [4.69, 9.17) is 15.2 Å². The van der Waals surface area contributed by atoms with E-state index in [9.17, 15) is 18.4 Å². The van der Waals surface area contributed by atoms with Gasteiger partial charge in [0.1, 0.15) is 22.3 Å². The predicted molar refractivity (Wildman–Crippen MR) is 155 cm³/mol.